The maximum atomic E-state index is 15.0. The quantitative estimate of drug-likeness (QED) is 0.201. The second-order valence-electron chi connectivity index (χ2n) is 10.3. The Balaban J connectivity index is 1.53. The largest absolute Gasteiger partial charge is 0.462 e. The SMILES string of the molecule is CCOC(=O)c1sc(N2C(=O)c3oc4ccc(Cl)cc4c(=O)c3C23C(=O)N(Cc2ccc(Cl)cc2)c2ccccc23)nc1C. The van der Waals surface area contributed by atoms with Gasteiger partial charge < -0.3 is 14.1 Å². The maximum Gasteiger partial charge on any atom is 0.350 e. The number of anilines is 2. The fraction of sp³-hybridized carbons (Fsp3) is 0.156. The smallest absolute Gasteiger partial charge is 0.350 e. The Hall–Kier alpha value is -4.51. The standard InChI is InChI=1S/C32H21Cl2N3O6S/c1-3-42-29(40)27-16(2)35-31(44-27)37-28(39)26-24(25(38)20-14-19(34)12-13-23(20)43-26)32(37)21-6-4-5-7-22(21)36(30(32)41)15-17-8-10-18(33)11-9-17/h4-14H,3,15H2,1-2H3. The zero-order chi connectivity index (χ0) is 30.9. The molecule has 0 bridgehead atoms. The second kappa shape index (κ2) is 10.3. The van der Waals surface area contributed by atoms with Gasteiger partial charge in [0.2, 0.25) is 5.76 Å². The number of nitrogens with zero attached hydrogens (tertiary/aromatic N) is 3. The van der Waals surface area contributed by atoms with Crippen molar-refractivity contribution in [3.8, 4) is 0 Å². The molecule has 9 nitrogen and oxygen atoms in total. The average molecular weight is 647 g/mol. The molecule has 0 saturated heterocycles. The minimum absolute atomic E-state index is 0.0416. The van der Waals surface area contributed by atoms with E-state index in [-0.39, 0.29) is 50.5 Å². The Labute approximate surface area is 264 Å². The van der Waals surface area contributed by atoms with Crippen LogP contribution in [0.15, 0.2) is 75.9 Å². The molecule has 0 fully saturated rings. The van der Waals surface area contributed by atoms with E-state index in [0.29, 0.717) is 22.0 Å². The first-order valence-corrected chi connectivity index (χ1v) is 15.2. The van der Waals surface area contributed by atoms with E-state index < -0.39 is 28.8 Å². The molecular formula is C32H21Cl2N3O6S. The summed E-state index contributed by atoms with van der Waals surface area (Å²) in [5, 5.41) is 0.992. The van der Waals surface area contributed by atoms with Crippen LogP contribution in [0.4, 0.5) is 10.8 Å². The summed E-state index contributed by atoms with van der Waals surface area (Å²) in [5.41, 5.74) is -0.569. The van der Waals surface area contributed by atoms with E-state index >= 15 is 4.79 Å². The summed E-state index contributed by atoms with van der Waals surface area (Å²) in [4.78, 5) is 64.1. The molecule has 7 rings (SSSR count). The van der Waals surface area contributed by atoms with E-state index in [1.807, 2.05) is 0 Å². The van der Waals surface area contributed by atoms with Gasteiger partial charge in [-0.3, -0.25) is 19.3 Å². The molecule has 2 aliphatic rings. The predicted molar refractivity (Wildman–Crippen MR) is 167 cm³/mol. The zero-order valence-corrected chi connectivity index (χ0v) is 25.5. The Kier molecular flexibility index (Phi) is 6.61. The van der Waals surface area contributed by atoms with E-state index in [0.717, 1.165) is 16.9 Å². The summed E-state index contributed by atoms with van der Waals surface area (Å²) in [6.45, 7) is 3.57. The highest BCUT2D eigenvalue weighted by Crippen LogP contribution is 2.55. The van der Waals surface area contributed by atoms with Gasteiger partial charge in [-0.1, -0.05) is 64.9 Å². The maximum absolute atomic E-state index is 15.0. The molecule has 2 amide bonds. The molecule has 1 unspecified atom stereocenters. The zero-order valence-electron chi connectivity index (χ0n) is 23.2. The van der Waals surface area contributed by atoms with Gasteiger partial charge in [0.25, 0.3) is 11.8 Å². The molecule has 12 heteroatoms. The molecule has 5 aromatic rings. The lowest BCUT2D eigenvalue weighted by molar-refractivity contribution is -0.121. The van der Waals surface area contributed by atoms with Crippen molar-refractivity contribution in [3.63, 3.8) is 0 Å². The highest BCUT2D eigenvalue weighted by atomic mass is 35.5. The number of carbonyl (C=O) groups excluding carboxylic acids is 3. The van der Waals surface area contributed by atoms with E-state index in [1.165, 1.54) is 21.9 Å². The molecule has 0 saturated carbocycles. The number of aromatic nitrogens is 1. The molecule has 220 valence electrons. The lowest BCUT2D eigenvalue weighted by Crippen LogP contribution is -2.53. The van der Waals surface area contributed by atoms with Gasteiger partial charge in [-0.15, -0.1) is 0 Å². The molecule has 3 aromatic carbocycles. The van der Waals surface area contributed by atoms with Crippen LogP contribution in [0.3, 0.4) is 0 Å². The van der Waals surface area contributed by atoms with Crippen LogP contribution in [0, 0.1) is 6.92 Å². The van der Waals surface area contributed by atoms with Crippen molar-refractivity contribution in [2.45, 2.75) is 25.9 Å². The number of amides is 2. The number of para-hydroxylation sites is 1. The number of rotatable bonds is 5. The molecule has 0 N–H and O–H groups in total. The summed E-state index contributed by atoms with van der Waals surface area (Å²) in [5.74, 6) is -2.19. The normalized spacial score (nSPS) is 17.1. The number of esters is 1. The lowest BCUT2D eigenvalue weighted by Gasteiger charge is -2.32. The lowest BCUT2D eigenvalue weighted by atomic mass is 9.84. The molecular weight excluding hydrogens is 625 g/mol. The van der Waals surface area contributed by atoms with Crippen LogP contribution in [0.2, 0.25) is 10.0 Å². The van der Waals surface area contributed by atoms with Crippen LogP contribution in [-0.4, -0.2) is 29.4 Å². The van der Waals surface area contributed by atoms with Gasteiger partial charge >= 0.3 is 5.97 Å². The number of benzene rings is 3. The fourth-order valence-electron chi connectivity index (χ4n) is 5.93. The number of thiazole rings is 1. The number of ether oxygens (including phenoxy) is 1. The van der Waals surface area contributed by atoms with Crippen molar-refractivity contribution in [1.82, 2.24) is 4.98 Å². The predicted octanol–water partition coefficient (Wildman–Crippen LogP) is 6.49. The topological polar surface area (TPSA) is 110 Å². The van der Waals surface area contributed by atoms with Gasteiger partial charge in [0.15, 0.2) is 16.1 Å². The first-order valence-electron chi connectivity index (χ1n) is 13.6. The van der Waals surface area contributed by atoms with Crippen molar-refractivity contribution in [3.05, 3.63) is 120 Å². The second-order valence-corrected chi connectivity index (χ2v) is 12.1. The molecule has 0 aliphatic carbocycles. The first-order chi connectivity index (χ1) is 21.2. The van der Waals surface area contributed by atoms with Gasteiger partial charge in [0.05, 0.1) is 35.5 Å². The van der Waals surface area contributed by atoms with Gasteiger partial charge in [-0.2, -0.15) is 0 Å². The Morgan fingerprint density at radius 2 is 1.75 bits per heavy atom. The van der Waals surface area contributed by atoms with E-state index in [4.69, 9.17) is 32.4 Å². The Morgan fingerprint density at radius 3 is 2.50 bits per heavy atom. The molecule has 0 radical (unpaired) electrons. The van der Waals surface area contributed by atoms with Gasteiger partial charge in [0.1, 0.15) is 10.5 Å². The van der Waals surface area contributed by atoms with Crippen molar-refractivity contribution >= 4 is 74.1 Å². The average Bonchev–Trinajstić information content (AvgIpc) is 3.59. The third-order valence-electron chi connectivity index (χ3n) is 7.78. The molecule has 1 spiro atoms. The molecule has 2 aromatic heterocycles. The summed E-state index contributed by atoms with van der Waals surface area (Å²) in [7, 11) is 0. The minimum Gasteiger partial charge on any atom is -0.462 e. The van der Waals surface area contributed by atoms with Gasteiger partial charge in [0, 0.05) is 15.6 Å². The van der Waals surface area contributed by atoms with Crippen LogP contribution in [0.5, 0.6) is 0 Å². The number of hydrogen-bond donors (Lipinski definition) is 0. The van der Waals surface area contributed by atoms with Crippen LogP contribution in [-0.2, 0) is 21.6 Å². The van der Waals surface area contributed by atoms with Crippen LogP contribution in [0.25, 0.3) is 11.0 Å². The summed E-state index contributed by atoms with van der Waals surface area (Å²) in [6.07, 6.45) is 0. The third-order valence-corrected chi connectivity index (χ3v) is 9.39. The molecule has 44 heavy (non-hydrogen) atoms. The highest BCUT2D eigenvalue weighted by Gasteiger charge is 2.66. The van der Waals surface area contributed by atoms with Crippen molar-refractivity contribution in [2.24, 2.45) is 0 Å². The van der Waals surface area contributed by atoms with Gasteiger partial charge in [-0.05, 0) is 55.8 Å². The summed E-state index contributed by atoms with van der Waals surface area (Å²) < 4.78 is 11.3. The van der Waals surface area contributed by atoms with Crippen LogP contribution in [0.1, 0.15) is 49.5 Å². The van der Waals surface area contributed by atoms with Gasteiger partial charge in [-0.25, -0.2) is 9.78 Å². The van der Waals surface area contributed by atoms with Crippen molar-refractivity contribution in [2.75, 3.05) is 16.4 Å². The highest BCUT2D eigenvalue weighted by molar-refractivity contribution is 7.17. The number of halogens is 2. The number of aryl methyl sites for hydroxylation is 1. The first kappa shape index (κ1) is 28.3. The number of fused-ring (bicyclic) bond motifs is 5. The minimum atomic E-state index is -1.98. The monoisotopic (exact) mass is 645 g/mol. The Bertz CT molecular complexity index is 2110. The summed E-state index contributed by atoms with van der Waals surface area (Å²) >= 11 is 13.3. The molecule has 4 heterocycles. The van der Waals surface area contributed by atoms with E-state index in [2.05, 4.69) is 4.98 Å². The van der Waals surface area contributed by atoms with Crippen molar-refractivity contribution in [1.29, 1.82) is 0 Å². The number of hydrogen-bond acceptors (Lipinski definition) is 8. The van der Waals surface area contributed by atoms with E-state index in [9.17, 15) is 14.4 Å². The third kappa shape index (κ3) is 3.94. The molecule has 2 aliphatic heterocycles. The number of carbonyl (C=O) groups is 3. The van der Waals surface area contributed by atoms with Crippen molar-refractivity contribution < 1.29 is 23.5 Å². The fourth-order valence-corrected chi connectivity index (χ4v) is 7.24. The van der Waals surface area contributed by atoms with Crippen LogP contribution >= 0.6 is 34.5 Å². The van der Waals surface area contributed by atoms with E-state index in [1.54, 1.807) is 68.4 Å². The van der Waals surface area contributed by atoms with Crippen LogP contribution < -0.4 is 15.2 Å². The summed E-state index contributed by atoms with van der Waals surface area (Å²) in [6, 6.07) is 18.5. The Morgan fingerprint density at radius 1 is 1.02 bits per heavy atom. The molecule has 1 atom stereocenters.